The number of carbonyl (C=O) groups excluding carboxylic acids is 1. The van der Waals surface area contributed by atoms with Crippen LogP contribution in [0.3, 0.4) is 0 Å². The summed E-state index contributed by atoms with van der Waals surface area (Å²) in [5.74, 6) is 0. The Morgan fingerprint density at radius 1 is 1.44 bits per heavy atom. The molecule has 0 aliphatic carbocycles. The van der Waals surface area contributed by atoms with E-state index in [9.17, 15) is 18.0 Å². The first-order valence-corrected chi connectivity index (χ1v) is 4.57. The molecule has 1 aromatic carbocycles. The Morgan fingerprint density at radius 2 is 2.06 bits per heavy atom. The van der Waals surface area contributed by atoms with E-state index in [1.54, 1.807) is 0 Å². The highest BCUT2D eigenvalue weighted by Gasteiger charge is 2.33. The second-order valence-corrected chi connectivity index (χ2v) is 3.45. The van der Waals surface area contributed by atoms with Crippen molar-refractivity contribution in [2.24, 2.45) is 5.73 Å². The molecule has 0 saturated carbocycles. The molecule has 1 aromatic rings. The van der Waals surface area contributed by atoms with Crippen LogP contribution in [0, 0.1) is 0 Å². The number of benzene rings is 1. The highest BCUT2D eigenvalue weighted by molar-refractivity contribution is 6.30. The van der Waals surface area contributed by atoms with E-state index in [-0.39, 0.29) is 17.1 Å². The Labute approximate surface area is 94.4 Å². The largest absolute Gasteiger partial charge is 0.416 e. The number of halogens is 4. The van der Waals surface area contributed by atoms with Crippen molar-refractivity contribution in [3.8, 4) is 0 Å². The number of primary amides is 1. The highest BCUT2D eigenvalue weighted by atomic mass is 35.5. The van der Waals surface area contributed by atoms with Crippen LogP contribution in [0.4, 0.5) is 18.0 Å². The zero-order valence-corrected chi connectivity index (χ0v) is 8.69. The van der Waals surface area contributed by atoms with Crippen molar-refractivity contribution in [1.29, 1.82) is 0 Å². The molecule has 0 unspecified atom stereocenters. The minimum absolute atomic E-state index is 0.126. The van der Waals surface area contributed by atoms with Gasteiger partial charge >= 0.3 is 12.2 Å². The molecule has 0 spiro atoms. The van der Waals surface area contributed by atoms with Gasteiger partial charge in [0.25, 0.3) is 0 Å². The first kappa shape index (κ1) is 12.6. The molecule has 7 heteroatoms. The van der Waals surface area contributed by atoms with Crippen molar-refractivity contribution < 1.29 is 18.0 Å². The third-order valence-corrected chi connectivity index (χ3v) is 2.06. The van der Waals surface area contributed by atoms with Crippen LogP contribution in [0.25, 0.3) is 0 Å². The molecular formula is C9H8ClF3N2O. The van der Waals surface area contributed by atoms with Gasteiger partial charge in [0.2, 0.25) is 0 Å². The second-order valence-electron chi connectivity index (χ2n) is 3.02. The molecule has 3 N–H and O–H groups in total. The number of nitrogens with two attached hydrogens (primary N) is 1. The van der Waals surface area contributed by atoms with Gasteiger partial charge in [-0.1, -0.05) is 11.6 Å². The van der Waals surface area contributed by atoms with Gasteiger partial charge in [0, 0.05) is 11.6 Å². The van der Waals surface area contributed by atoms with Crippen LogP contribution in [0.2, 0.25) is 5.02 Å². The Balaban J connectivity index is 3.04. The summed E-state index contributed by atoms with van der Waals surface area (Å²) in [5.41, 5.74) is 3.81. The van der Waals surface area contributed by atoms with Crippen LogP contribution in [-0.4, -0.2) is 6.03 Å². The number of alkyl halides is 3. The zero-order valence-electron chi connectivity index (χ0n) is 7.94. The van der Waals surface area contributed by atoms with Crippen molar-refractivity contribution >= 4 is 17.6 Å². The smallest absolute Gasteiger partial charge is 0.352 e. The lowest BCUT2D eigenvalue weighted by Gasteiger charge is -2.13. The molecule has 0 fully saturated rings. The number of carbonyl (C=O) groups is 1. The van der Waals surface area contributed by atoms with Gasteiger partial charge in [-0.3, -0.25) is 0 Å². The third-order valence-electron chi connectivity index (χ3n) is 1.83. The normalized spacial score (nSPS) is 11.2. The van der Waals surface area contributed by atoms with Crippen LogP contribution in [0.1, 0.15) is 11.1 Å². The van der Waals surface area contributed by atoms with Crippen LogP contribution < -0.4 is 11.1 Å². The lowest BCUT2D eigenvalue weighted by Crippen LogP contribution is -2.29. The van der Waals surface area contributed by atoms with Gasteiger partial charge < -0.3 is 11.1 Å². The minimum atomic E-state index is -4.49. The fourth-order valence-corrected chi connectivity index (χ4v) is 1.36. The van der Waals surface area contributed by atoms with E-state index in [0.29, 0.717) is 0 Å². The van der Waals surface area contributed by atoms with Gasteiger partial charge in [-0.25, -0.2) is 4.79 Å². The number of nitrogens with one attached hydrogen (secondary N) is 1. The molecule has 0 heterocycles. The topological polar surface area (TPSA) is 55.1 Å². The summed E-state index contributed by atoms with van der Waals surface area (Å²) in [4.78, 5) is 10.4. The van der Waals surface area contributed by atoms with E-state index in [1.165, 1.54) is 0 Å². The summed E-state index contributed by atoms with van der Waals surface area (Å²) in [5, 5.41) is 2.24. The van der Waals surface area contributed by atoms with Crippen molar-refractivity contribution in [2.75, 3.05) is 0 Å². The predicted octanol–water partition coefficient (Wildman–Crippen LogP) is 2.53. The van der Waals surface area contributed by atoms with Crippen LogP contribution in [-0.2, 0) is 12.7 Å². The van der Waals surface area contributed by atoms with Crippen molar-refractivity contribution in [1.82, 2.24) is 5.32 Å². The minimum Gasteiger partial charge on any atom is -0.352 e. The Bertz CT molecular complexity index is 406. The monoisotopic (exact) mass is 252 g/mol. The van der Waals surface area contributed by atoms with E-state index < -0.39 is 17.8 Å². The molecule has 88 valence electrons. The maximum Gasteiger partial charge on any atom is 0.416 e. The molecule has 0 aliphatic heterocycles. The van der Waals surface area contributed by atoms with Crippen LogP contribution >= 0.6 is 11.6 Å². The third kappa shape index (κ3) is 3.30. The summed E-state index contributed by atoms with van der Waals surface area (Å²) < 4.78 is 37.6. The first-order valence-electron chi connectivity index (χ1n) is 4.19. The predicted molar refractivity (Wildman–Crippen MR) is 52.9 cm³/mol. The Morgan fingerprint density at radius 3 is 2.56 bits per heavy atom. The maximum absolute atomic E-state index is 12.5. The molecule has 0 saturated heterocycles. The lowest BCUT2D eigenvalue weighted by atomic mass is 10.1. The van der Waals surface area contributed by atoms with Crippen LogP contribution in [0.5, 0.6) is 0 Å². The molecular weight excluding hydrogens is 245 g/mol. The average Bonchev–Trinajstić information content (AvgIpc) is 2.12. The number of urea groups is 1. The number of amides is 2. The summed E-state index contributed by atoms with van der Waals surface area (Å²) >= 11 is 5.57. The second kappa shape index (κ2) is 4.61. The molecule has 2 amide bonds. The van der Waals surface area contributed by atoms with Gasteiger partial charge in [0.1, 0.15) is 0 Å². The number of hydrogen-bond acceptors (Lipinski definition) is 1. The van der Waals surface area contributed by atoms with Crippen molar-refractivity contribution in [3.05, 3.63) is 34.3 Å². The van der Waals surface area contributed by atoms with E-state index >= 15 is 0 Å². The highest BCUT2D eigenvalue weighted by Crippen LogP contribution is 2.33. The molecule has 0 bridgehead atoms. The van der Waals surface area contributed by atoms with Gasteiger partial charge in [-0.2, -0.15) is 13.2 Å². The average molecular weight is 253 g/mol. The quantitative estimate of drug-likeness (QED) is 0.835. The van der Waals surface area contributed by atoms with Gasteiger partial charge in [-0.05, 0) is 23.8 Å². The summed E-state index contributed by atoms with van der Waals surface area (Å²) in [6.07, 6.45) is -4.49. The zero-order chi connectivity index (χ0) is 12.3. The lowest BCUT2D eigenvalue weighted by molar-refractivity contribution is -0.138. The van der Waals surface area contributed by atoms with E-state index in [2.05, 4.69) is 5.32 Å². The molecule has 0 aliphatic rings. The standard InChI is InChI=1S/C9H8ClF3N2O/c10-6-1-2-7(9(11,12)13)5(3-6)4-15-8(14)16/h1-3H,4H2,(H3,14,15,16). The van der Waals surface area contributed by atoms with Gasteiger partial charge in [0.15, 0.2) is 0 Å². The van der Waals surface area contributed by atoms with Crippen molar-refractivity contribution in [3.63, 3.8) is 0 Å². The SMILES string of the molecule is NC(=O)NCc1cc(Cl)ccc1C(F)(F)F. The van der Waals surface area contributed by atoms with E-state index in [0.717, 1.165) is 18.2 Å². The Hall–Kier alpha value is -1.43. The molecule has 1 rings (SSSR count). The van der Waals surface area contributed by atoms with Crippen molar-refractivity contribution in [2.45, 2.75) is 12.7 Å². The molecule has 3 nitrogen and oxygen atoms in total. The van der Waals surface area contributed by atoms with E-state index in [4.69, 9.17) is 17.3 Å². The first-order chi connectivity index (χ1) is 7.30. The fourth-order valence-electron chi connectivity index (χ4n) is 1.17. The van der Waals surface area contributed by atoms with Crippen LogP contribution in [0.15, 0.2) is 18.2 Å². The molecule has 0 radical (unpaired) electrons. The maximum atomic E-state index is 12.5. The summed E-state index contributed by atoms with van der Waals surface area (Å²) in [6, 6.07) is 2.24. The fraction of sp³-hybridized carbons (Fsp3) is 0.222. The number of rotatable bonds is 2. The molecule has 0 atom stereocenters. The molecule has 0 aromatic heterocycles. The van der Waals surface area contributed by atoms with Gasteiger partial charge in [0.05, 0.1) is 5.56 Å². The summed E-state index contributed by atoms with van der Waals surface area (Å²) in [7, 11) is 0. The summed E-state index contributed by atoms with van der Waals surface area (Å²) in [6.45, 7) is -0.315. The number of hydrogen-bond donors (Lipinski definition) is 2. The van der Waals surface area contributed by atoms with Gasteiger partial charge in [-0.15, -0.1) is 0 Å². The molecule has 16 heavy (non-hydrogen) atoms. The Kier molecular flexibility index (Phi) is 3.64. The van der Waals surface area contributed by atoms with E-state index in [1.807, 2.05) is 0 Å².